The molecule has 2 aromatic rings. The molecule has 6 nitrogen and oxygen atoms in total. The van der Waals surface area contributed by atoms with Crippen LogP contribution in [-0.4, -0.2) is 31.0 Å². The predicted molar refractivity (Wildman–Crippen MR) is 79.2 cm³/mol. The lowest BCUT2D eigenvalue weighted by Gasteiger charge is -2.08. The van der Waals surface area contributed by atoms with Crippen molar-refractivity contribution in [1.82, 2.24) is 14.1 Å². The van der Waals surface area contributed by atoms with Gasteiger partial charge in [-0.1, -0.05) is 19.9 Å². The van der Waals surface area contributed by atoms with Gasteiger partial charge in [0.15, 0.2) is 10.9 Å². The van der Waals surface area contributed by atoms with E-state index in [1.54, 1.807) is 29.7 Å². The Kier molecular flexibility index (Phi) is 3.41. The first-order valence-corrected chi connectivity index (χ1v) is 8.50. The average molecular weight is 309 g/mol. The minimum absolute atomic E-state index is 0.0554. The van der Waals surface area contributed by atoms with Crippen LogP contribution >= 0.6 is 0 Å². The molecule has 2 aromatic heterocycles. The van der Waals surface area contributed by atoms with Gasteiger partial charge in [-0.3, -0.25) is 4.40 Å². The normalized spacial score (nSPS) is 15.8. The molecule has 1 aliphatic carbocycles. The van der Waals surface area contributed by atoms with Gasteiger partial charge < -0.3 is 4.74 Å². The van der Waals surface area contributed by atoms with Crippen molar-refractivity contribution in [2.24, 2.45) is 0 Å². The van der Waals surface area contributed by atoms with Crippen LogP contribution in [0.2, 0.25) is 0 Å². The van der Waals surface area contributed by atoms with Crippen molar-refractivity contribution >= 4 is 15.5 Å². The summed E-state index contributed by atoms with van der Waals surface area (Å²) >= 11 is 0. The molecule has 21 heavy (non-hydrogen) atoms. The summed E-state index contributed by atoms with van der Waals surface area (Å²) in [6.07, 6.45) is 1.79. The van der Waals surface area contributed by atoms with Crippen LogP contribution in [0.5, 0.6) is 5.88 Å². The fraction of sp³-hybridized carbons (Fsp3) is 0.500. The lowest BCUT2D eigenvalue weighted by Crippen LogP contribution is -2.26. The molecule has 7 heteroatoms. The monoisotopic (exact) mass is 309 g/mol. The smallest absolute Gasteiger partial charge is 0.260 e. The molecule has 0 unspecified atom stereocenters. The highest BCUT2D eigenvalue weighted by Crippen LogP contribution is 2.29. The van der Waals surface area contributed by atoms with Crippen molar-refractivity contribution in [3.8, 4) is 5.88 Å². The Morgan fingerprint density at radius 2 is 2.10 bits per heavy atom. The standard InChI is InChI=1S/C14H19N3O3S/c1-9(2)13-15-14(21(18,19)16-10-7-8-10)11-5-4-6-12(20-3)17(11)13/h4-6,9-10,16H,7-8H2,1-3H3. The topological polar surface area (TPSA) is 72.7 Å². The maximum Gasteiger partial charge on any atom is 0.260 e. The van der Waals surface area contributed by atoms with Crippen LogP contribution < -0.4 is 9.46 Å². The molecule has 1 saturated carbocycles. The number of rotatable bonds is 5. The van der Waals surface area contributed by atoms with Gasteiger partial charge in [0.2, 0.25) is 0 Å². The number of hydrogen-bond acceptors (Lipinski definition) is 4. The van der Waals surface area contributed by atoms with Crippen molar-refractivity contribution in [2.45, 2.75) is 43.7 Å². The Hall–Kier alpha value is -1.60. The molecule has 1 aliphatic rings. The van der Waals surface area contributed by atoms with E-state index in [0.717, 1.165) is 12.8 Å². The zero-order valence-corrected chi connectivity index (χ0v) is 13.1. The molecule has 0 atom stereocenters. The Balaban J connectivity index is 2.24. The van der Waals surface area contributed by atoms with Crippen LogP contribution in [0.15, 0.2) is 23.2 Å². The first-order valence-electron chi connectivity index (χ1n) is 7.01. The number of ether oxygens (including phenoxy) is 1. The number of methoxy groups -OCH3 is 1. The van der Waals surface area contributed by atoms with E-state index in [9.17, 15) is 8.42 Å². The van der Waals surface area contributed by atoms with Gasteiger partial charge in [0, 0.05) is 12.0 Å². The first-order chi connectivity index (χ1) is 9.94. The van der Waals surface area contributed by atoms with E-state index in [-0.39, 0.29) is 17.0 Å². The molecule has 0 spiro atoms. The van der Waals surface area contributed by atoms with Gasteiger partial charge in [0.05, 0.1) is 12.6 Å². The number of nitrogens with zero attached hydrogens (tertiary/aromatic N) is 2. The summed E-state index contributed by atoms with van der Waals surface area (Å²) in [5.74, 6) is 1.34. The van der Waals surface area contributed by atoms with Crippen LogP contribution in [0.25, 0.3) is 5.52 Å². The van der Waals surface area contributed by atoms with Gasteiger partial charge in [0.25, 0.3) is 10.0 Å². The van der Waals surface area contributed by atoms with E-state index >= 15 is 0 Å². The number of nitrogens with one attached hydrogen (secondary N) is 1. The van der Waals surface area contributed by atoms with Gasteiger partial charge in [-0.2, -0.15) is 0 Å². The highest BCUT2D eigenvalue weighted by Gasteiger charge is 2.32. The van der Waals surface area contributed by atoms with E-state index in [1.165, 1.54) is 0 Å². The third-order valence-corrected chi connectivity index (χ3v) is 4.95. The summed E-state index contributed by atoms with van der Waals surface area (Å²) in [7, 11) is -2.03. The van der Waals surface area contributed by atoms with Gasteiger partial charge in [0.1, 0.15) is 5.82 Å². The molecule has 2 heterocycles. The van der Waals surface area contributed by atoms with Crippen molar-refractivity contribution < 1.29 is 13.2 Å². The van der Waals surface area contributed by atoms with E-state index < -0.39 is 10.0 Å². The Morgan fingerprint density at radius 1 is 1.38 bits per heavy atom. The van der Waals surface area contributed by atoms with Gasteiger partial charge in [-0.15, -0.1) is 0 Å². The Bertz CT molecular complexity index is 776. The third kappa shape index (κ3) is 2.51. The number of imidazole rings is 1. The second-order valence-corrected chi connectivity index (χ2v) is 7.24. The molecular formula is C14H19N3O3S. The lowest BCUT2D eigenvalue weighted by molar-refractivity contribution is 0.389. The minimum atomic E-state index is -3.60. The van der Waals surface area contributed by atoms with Crippen LogP contribution in [-0.2, 0) is 10.0 Å². The third-order valence-electron chi connectivity index (χ3n) is 3.50. The number of sulfonamides is 1. The van der Waals surface area contributed by atoms with Crippen LogP contribution in [0, 0.1) is 0 Å². The fourth-order valence-corrected chi connectivity index (χ4v) is 3.76. The van der Waals surface area contributed by atoms with Gasteiger partial charge >= 0.3 is 0 Å². The van der Waals surface area contributed by atoms with Crippen molar-refractivity contribution in [2.75, 3.05) is 7.11 Å². The van der Waals surface area contributed by atoms with Gasteiger partial charge in [-0.05, 0) is 25.0 Å². The average Bonchev–Trinajstić information content (AvgIpc) is 3.13. The van der Waals surface area contributed by atoms with E-state index in [0.29, 0.717) is 17.2 Å². The van der Waals surface area contributed by atoms with Crippen LogP contribution in [0.4, 0.5) is 0 Å². The second kappa shape index (κ2) is 4.99. The lowest BCUT2D eigenvalue weighted by atomic mass is 10.2. The highest BCUT2D eigenvalue weighted by molar-refractivity contribution is 7.89. The molecule has 1 fully saturated rings. The van der Waals surface area contributed by atoms with E-state index in [4.69, 9.17) is 4.74 Å². The summed E-state index contributed by atoms with van der Waals surface area (Å²) in [4.78, 5) is 4.38. The molecule has 1 N–H and O–H groups in total. The maximum absolute atomic E-state index is 12.5. The molecule has 114 valence electrons. The number of pyridine rings is 1. The van der Waals surface area contributed by atoms with Crippen molar-refractivity contribution in [3.63, 3.8) is 0 Å². The Morgan fingerprint density at radius 3 is 2.67 bits per heavy atom. The molecule has 0 amide bonds. The molecule has 0 bridgehead atoms. The number of hydrogen-bond donors (Lipinski definition) is 1. The second-order valence-electron chi connectivity index (χ2n) is 5.61. The highest BCUT2D eigenvalue weighted by atomic mass is 32.2. The molecule has 3 rings (SSSR count). The van der Waals surface area contributed by atoms with E-state index in [2.05, 4.69) is 9.71 Å². The SMILES string of the molecule is COc1cccc2c(S(=O)(=O)NC3CC3)nc(C(C)C)n12. The summed E-state index contributed by atoms with van der Waals surface area (Å²) in [5, 5.41) is 0.0806. The van der Waals surface area contributed by atoms with Crippen molar-refractivity contribution in [1.29, 1.82) is 0 Å². The zero-order valence-electron chi connectivity index (χ0n) is 12.3. The van der Waals surface area contributed by atoms with E-state index in [1.807, 2.05) is 13.8 Å². The maximum atomic E-state index is 12.5. The van der Waals surface area contributed by atoms with Crippen molar-refractivity contribution in [3.05, 3.63) is 24.0 Å². The molecule has 0 radical (unpaired) electrons. The largest absolute Gasteiger partial charge is 0.482 e. The molecular weight excluding hydrogens is 290 g/mol. The number of aromatic nitrogens is 2. The fourth-order valence-electron chi connectivity index (χ4n) is 2.32. The summed E-state index contributed by atoms with van der Waals surface area (Å²) in [6.45, 7) is 3.96. The zero-order chi connectivity index (χ0) is 15.2. The predicted octanol–water partition coefficient (Wildman–Crippen LogP) is 1.91. The summed E-state index contributed by atoms with van der Waals surface area (Å²) in [5.41, 5.74) is 0.547. The molecule has 0 saturated heterocycles. The molecule has 0 aromatic carbocycles. The van der Waals surface area contributed by atoms with Gasteiger partial charge in [-0.25, -0.2) is 18.1 Å². The van der Waals surface area contributed by atoms with Crippen LogP contribution in [0.1, 0.15) is 38.4 Å². The van der Waals surface area contributed by atoms with Crippen LogP contribution in [0.3, 0.4) is 0 Å². The first kappa shape index (κ1) is 14.3. The summed E-state index contributed by atoms with van der Waals surface area (Å²) in [6, 6.07) is 5.38. The quantitative estimate of drug-likeness (QED) is 0.915. The summed E-state index contributed by atoms with van der Waals surface area (Å²) < 4.78 is 34.8. The molecule has 0 aliphatic heterocycles. The minimum Gasteiger partial charge on any atom is -0.482 e. The number of fused-ring (bicyclic) bond motifs is 1. The Labute approximate surface area is 124 Å².